The molecule has 1 heterocycles. The topological polar surface area (TPSA) is 33.2 Å². The first kappa shape index (κ1) is 14.2. The molecule has 0 amide bonds. The lowest BCUT2D eigenvalue weighted by Gasteiger charge is -2.26. The Morgan fingerprint density at radius 3 is 2.65 bits per heavy atom. The van der Waals surface area contributed by atoms with E-state index in [1.54, 1.807) is 18.3 Å². The maximum Gasteiger partial charge on any atom is 0.186 e. The minimum Gasteiger partial charge on any atom is -0.346 e. The third kappa shape index (κ3) is 4.11. The van der Waals surface area contributed by atoms with Gasteiger partial charge in [0.15, 0.2) is 10.9 Å². The molecule has 0 saturated heterocycles. The molecular weight excluding hydrogens is 232 g/mol. The predicted octanol–water partition coefficient (Wildman–Crippen LogP) is 3.75. The standard InChI is InChI=1S/C13H22N2OS/c1-5-6-7-8-15(10(2)3)13-14-12(9-17-13)11(4)16/h9-10H,5-8H2,1-4H3. The van der Waals surface area contributed by atoms with Crippen LogP contribution in [-0.4, -0.2) is 23.4 Å². The monoisotopic (exact) mass is 254 g/mol. The third-order valence-electron chi connectivity index (χ3n) is 2.72. The molecule has 96 valence electrons. The summed E-state index contributed by atoms with van der Waals surface area (Å²) in [6.45, 7) is 9.13. The fourth-order valence-corrected chi connectivity index (χ4v) is 2.69. The molecule has 1 rings (SSSR count). The molecule has 0 radical (unpaired) electrons. The molecule has 4 heteroatoms. The van der Waals surface area contributed by atoms with E-state index in [0.717, 1.165) is 11.7 Å². The summed E-state index contributed by atoms with van der Waals surface area (Å²) < 4.78 is 0. The second-order valence-electron chi connectivity index (χ2n) is 4.57. The maximum absolute atomic E-state index is 11.2. The van der Waals surface area contributed by atoms with Crippen molar-refractivity contribution >= 4 is 22.3 Å². The third-order valence-corrected chi connectivity index (χ3v) is 3.60. The number of hydrogen-bond acceptors (Lipinski definition) is 4. The van der Waals surface area contributed by atoms with Crippen molar-refractivity contribution in [2.75, 3.05) is 11.4 Å². The highest BCUT2D eigenvalue weighted by Crippen LogP contribution is 2.23. The SMILES string of the molecule is CCCCCN(c1nc(C(C)=O)cs1)C(C)C. The van der Waals surface area contributed by atoms with Gasteiger partial charge in [-0.2, -0.15) is 0 Å². The van der Waals surface area contributed by atoms with Gasteiger partial charge in [0, 0.05) is 24.9 Å². The highest BCUT2D eigenvalue weighted by atomic mass is 32.1. The van der Waals surface area contributed by atoms with Crippen molar-refractivity contribution in [3.8, 4) is 0 Å². The van der Waals surface area contributed by atoms with E-state index in [2.05, 4.69) is 30.7 Å². The summed E-state index contributed by atoms with van der Waals surface area (Å²) in [5.41, 5.74) is 0.589. The van der Waals surface area contributed by atoms with Crippen LogP contribution in [0, 0.1) is 0 Å². The van der Waals surface area contributed by atoms with Crippen LogP contribution in [-0.2, 0) is 0 Å². The lowest BCUT2D eigenvalue weighted by Crippen LogP contribution is -2.31. The van der Waals surface area contributed by atoms with Gasteiger partial charge in [-0.3, -0.25) is 4.79 Å². The molecule has 1 aromatic rings. The summed E-state index contributed by atoms with van der Waals surface area (Å²) in [7, 11) is 0. The van der Waals surface area contributed by atoms with Crippen LogP contribution >= 0.6 is 11.3 Å². The zero-order chi connectivity index (χ0) is 12.8. The van der Waals surface area contributed by atoms with Gasteiger partial charge in [0.1, 0.15) is 5.69 Å². The molecule has 0 fully saturated rings. The van der Waals surface area contributed by atoms with Gasteiger partial charge >= 0.3 is 0 Å². The van der Waals surface area contributed by atoms with Gasteiger partial charge in [-0.25, -0.2) is 4.98 Å². The number of thiazole rings is 1. The van der Waals surface area contributed by atoms with E-state index in [0.29, 0.717) is 11.7 Å². The largest absolute Gasteiger partial charge is 0.346 e. The Bertz CT molecular complexity index is 360. The maximum atomic E-state index is 11.2. The van der Waals surface area contributed by atoms with Crippen molar-refractivity contribution < 1.29 is 4.79 Å². The number of unbranched alkanes of at least 4 members (excludes halogenated alkanes) is 2. The number of carbonyl (C=O) groups excluding carboxylic acids is 1. The van der Waals surface area contributed by atoms with Crippen LogP contribution in [0.3, 0.4) is 0 Å². The lowest BCUT2D eigenvalue weighted by molar-refractivity contribution is 0.101. The first-order valence-corrected chi connectivity index (χ1v) is 7.17. The molecule has 0 N–H and O–H groups in total. The van der Waals surface area contributed by atoms with E-state index in [9.17, 15) is 4.79 Å². The smallest absolute Gasteiger partial charge is 0.186 e. The number of aromatic nitrogens is 1. The minimum absolute atomic E-state index is 0.0461. The summed E-state index contributed by atoms with van der Waals surface area (Å²) in [6, 6.07) is 0.429. The number of carbonyl (C=O) groups is 1. The van der Waals surface area contributed by atoms with E-state index in [-0.39, 0.29) is 5.78 Å². The average molecular weight is 254 g/mol. The molecule has 0 aromatic carbocycles. The van der Waals surface area contributed by atoms with Crippen molar-refractivity contribution in [1.82, 2.24) is 4.98 Å². The number of Topliss-reactive ketones (excluding diaryl/α,β-unsaturated/α-hetero) is 1. The van der Waals surface area contributed by atoms with Crippen LogP contribution in [0.2, 0.25) is 0 Å². The van der Waals surface area contributed by atoms with E-state index in [1.807, 2.05) is 5.38 Å². The van der Waals surface area contributed by atoms with Gasteiger partial charge in [0.25, 0.3) is 0 Å². The van der Waals surface area contributed by atoms with Crippen LogP contribution in [0.25, 0.3) is 0 Å². The summed E-state index contributed by atoms with van der Waals surface area (Å²) in [5.74, 6) is 0.0461. The van der Waals surface area contributed by atoms with Crippen molar-refractivity contribution in [3.63, 3.8) is 0 Å². The highest BCUT2D eigenvalue weighted by Gasteiger charge is 2.15. The second kappa shape index (κ2) is 6.74. The highest BCUT2D eigenvalue weighted by molar-refractivity contribution is 7.13. The van der Waals surface area contributed by atoms with Gasteiger partial charge in [-0.1, -0.05) is 19.8 Å². The predicted molar refractivity (Wildman–Crippen MR) is 74.1 cm³/mol. The zero-order valence-electron chi connectivity index (χ0n) is 11.2. The fraction of sp³-hybridized carbons (Fsp3) is 0.692. The van der Waals surface area contributed by atoms with E-state index >= 15 is 0 Å². The van der Waals surface area contributed by atoms with Gasteiger partial charge in [-0.05, 0) is 20.3 Å². The van der Waals surface area contributed by atoms with Crippen LogP contribution in [0.5, 0.6) is 0 Å². The average Bonchev–Trinajstić information content (AvgIpc) is 2.73. The van der Waals surface area contributed by atoms with Crippen molar-refractivity contribution in [3.05, 3.63) is 11.1 Å². The Morgan fingerprint density at radius 2 is 2.18 bits per heavy atom. The Morgan fingerprint density at radius 1 is 1.47 bits per heavy atom. The Hall–Kier alpha value is -0.900. The van der Waals surface area contributed by atoms with E-state index < -0.39 is 0 Å². The molecule has 0 aliphatic rings. The molecular formula is C13H22N2OS. The number of anilines is 1. The molecule has 1 aromatic heterocycles. The number of rotatable bonds is 7. The van der Waals surface area contributed by atoms with Crippen LogP contribution in [0.1, 0.15) is 57.4 Å². The molecule has 0 saturated carbocycles. The molecule has 0 atom stereocenters. The summed E-state index contributed by atoms with van der Waals surface area (Å²) >= 11 is 1.57. The molecule has 17 heavy (non-hydrogen) atoms. The van der Waals surface area contributed by atoms with Gasteiger partial charge in [-0.15, -0.1) is 11.3 Å². The molecule has 0 unspecified atom stereocenters. The molecule has 0 bridgehead atoms. The minimum atomic E-state index is 0.0461. The normalized spacial score (nSPS) is 10.9. The van der Waals surface area contributed by atoms with E-state index in [4.69, 9.17) is 0 Å². The second-order valence-corrected chi connectivity index (χ2v) is 5.40. The van der Waals surface area contributed by atoms with Crippen molar-refractivity contribution in [2.24, 2.45) is 0 Å². The molecule has 0 aliphatic carbocycles. The van der Waals surface area contributed by atoms with E-state index in [1.165, 1.54) is 19.3 Å². The van der Waals surface area contributed by atoms with Crippen LogP contribution < -0.4 is 4.90 Å². The summed E-state index contributed by atoms with van der Waals surface area (Å²) in [4.78, 5) is 17.9. The molecule has 0 spiro atoms. The Labute approximate surface area is 108 Å². The summed E-state index contributed by atoms with van der Waals surface area (Å²) in [6.07, 6.45) is 3.65. The first-order valence-electron chi connectivity index (χ1n) is 6.29. The number of nitrogens with zero attached hydrogens (tertiary/aromatic N) is 2. The van der Waals surface area contributed by atoms with Gasteiger partial charge in [0.2, 0.25) is 0 Å². The Balaban J connectivity index is 2.71. The quantitative estimate of drug-likeness (QED) is 0.549. The number of ketones is 1. The lowest BCUT2D eigenvalue weighted by atomic mass is 10.2. The fourth-order valence-electron chi connectivity index (χ4n) is 1.66. The van der Waals surface area contributed by atoms with Crippen LogP contribution in [0.15, 0.2) is 5.38 Å². The summed E-state index contributed by atoms with van der Waals surface area (Å²) in [5, 5.41) is 2.83. The molecule has 0 aliphatic heterocycles. The first-order chi connectivity index (χ1) is 8.06. The van der Waals surface area contributed by atoms with Crippen LogP contribution in [0.4, 0.5) is 5.13 Å². The van der Waals surface area contributed by atoms with Gasteiger partial charge in [0.05, 0.1) is 0 Å². The van der Waals surface area contributed by atoms with Crippen molar-refractivity contribution in [1.29, 1.82) is 0 Å². The number of hydrogen-bond donors (Lipinski definition) is 0. The zero-order valence-corrected chi connectivity index (χ0v) is 12.0. The Kier molecular flexibility index (Phi) is 5.62. The van der Waals surface area contributed by atoms with Crippen molar-refractivity contribution in [2.45, 2.75) is 53.0 Å². The molecule has 3 nitrogen and oxygen atoms in total. The van der Waals surface area contributed by atoms with Gasteiger partial charge < -0.3 is 4.90 Å².